The van der Waals surface area contributed by atoms with E-state index in [2.05, 4.69) is 72.0 Å². The SMILES string of the molecule is CC(C)c1ccc(COc2ccc3c(c2)c(CN2CCC(O)CC2)cn3CC2CC2)cc1. The molecule has 0 radical (unpaired) electrons. The van der Waals surface area contributed by atoms with E-state index in [1.54, 1.807) is 0 Å². The van der Waals surface area contributed by atoms with E-state index in [-0.39, 0.29) is 6.10 Å². The van der Waals surface area contributed by atoms with Crippen molar-refractivity contribution in [2.75, 3.05) is 13.1 Å². The lowest BCUT2D eigenvalue weighted by atomic mass is 10.0. The van der Waals surface area contributed by atoms with Crippen molar-refractivity contribution >= 4 is 10.9 Å². The van der Waals surface area contributed by atoms with Crippen molar-refractivity contribution < 1.29 is 9.84 Å². The van der Waals surface area contributed by atoms with Gasteiger partial charge < -0.3 is 14.4 Å². The molecule has 4 heteroatoms. The molecule has 0 unspecified atom stereocenters. The third kappa shape index (κ3) is 5.02. The molecule has 1 saturated carbocycles. The smallest absolute Gasteiger partial charge is 0.120 e. The van der Waals surface area contributed by atoms with Gasteiger partial charge in [0.1, 0.15) is 12.4 Å². The summed E-state index contributed by atoms with van der Waals surface area (Å²) in [5.74, 6) is 2.33. The predicted molar refractivity (Wildman–Crippen MR) is 130 cm³/mol. The fourth-order valence-electron chi connectivity index (χ4n) is 4.78. The Morgan fingerprint density at radius 3 is 2.44 bits per heavy atom. The fourth-order valence-corrected chi connectivity index (χ4v) is 4.78. The van der Waals surface area contributed by atoms with Gasteiger partial charge in [0.05, 0.1) is 6.10 Å². The third-order valence-corrected chi connectivity index (χ3v) is 7.09. The van der Waals surface area contributed by atoms with Crippen LogP contribution in [0.1, 0.15) is 62.1 Å². The van der Waals surface area contributed by atoms with Gasteiger partial charge in [0, 0.05) is 43.3 Å². The second-order valence-corrected chi connectivity index (χ2v) is 10.1. The number of likely N-dealkylation sites (tertiary alicyclic amines) is 1. The number of piperidine rings is 1. The molecule has 3 aromatic rings. The number of fused-ring (bicyclic) bond motifs is 1. The number of ether oxygens (including phenoxy) is 1. The van der Waals surface area contributed by atoms with Gasteiger partial charge in [-0.05, 0) is 72.4 Å². The lowest BCUT2D eigenvalue weighted by Gasteiger charge is -2.29. The number of hydrogen-bond acceptors (Lipinski definition) is 3. The van der Waals surface area contributed by atoms with Gasteiger partial charge in [-0.3, -0.25) is 4.90 Å². The highest BCUT2D eigenvalue weighted by Crippen LogP contribution is 2.34. The van der Waals surface area contributed by atoms with E-state index in [0.717, 1.165) is 50.7 Å². The summed E-state index contributed by atoms with van der Waals surface area (Å²) in [7, 11) is 0. The van der Waals surface area contributed by atoms with Crippen LogP contribution < -0.4 is 4.74 Å². The lowest BCUT2D eigenvalue weighted by Crippen LogP contribution is -2.35. The van der Waals surface area contributed by atoms with Gasteiger partial charge in [-0.2, -0.15) is 0 Å². The molecule has 2 aromatic carbocycles. The van der Waals surface area contributed by atoms with E-state index in [1.807, 2.05) is 0 Å². The summed E-state index contributed by atoms with van der Waals surface area (Å²) in [5.41, 5.74) is 5.26. The van der Waals surface area contributed by atoms with Crippen LogP contribution in [-0.4, -0.2) is 33.8 Å². The quantitative estimate of drug-likeness (QED) is 0.495. The average molecular weight is 433 g/mol. The Labute approximate surface area is 191 Å². The lowest BCUT2D eigenvalue weighted by molar-refractivity contribution is 0.0794. The standard InChI is InChI=1S/C28H36N2O2/c1-20(2)23-7-5-22(6-8-23)19-32-26-9-10-28-27(15-26)24(18-30(28)16-21-3-4-21)17-29-13-11-25(31)12-14-29/h5-10,15,18,20-21,25,31H,3-4,11-14,16-17,19H2,1-2H3. The number of aliphatic hydroxyl groups is 1. The van der Waals surface area contributed by atoms with Crippen LogP contribution in [-0.2, 0) is 19.7 Å². The summed E-state index contributed by atoms with van der Waals surface area (Å²) in [4.78, 5) is 2.48. The molecule has 1 aliphatic heterocycles. The maximum atomic E-state index is 9.86. The molecule has 32 heavy (non-hydrogen) atoms. The zero-order chi connectivity index (χ0) is 22.1. The van der Waals surface area contributed by atoms with Gasteiger partial charge in [0.25, 0.3) is 0 Å². The van der Waals surface area contributed by atoms with Crippen LogP contribution in [0.15, 0.2) is 48.7 Å². The molecule has 2 fully saturated rings. The molecule has 0 spiro atoms. The zero-order valence-electron chi connectivity index (χ0n) is 19.5. The van der Waals surface area contributed by atoms with Crippen LogP contribution in [0.5, 0.6) is 5.75 Å². The van der Waals surface area contributed by atoms with Crippen LogP contribution in [0.2, 0.25) is 0 Å². The summed E-state index contributed by atoms with van der Waals surface area (Å²) < 4.78 is 8.66. The van der Waals surface area contributed by atoms with Crippen molar-refractivity contribution in [2.45, 2.75) is 71.2 Å². The number of aliphatic hydroxyl groups excluding tert-OH is 1. The van der Waals surface area contributed by atoms with E-state index >= 15 is 0 Å². The van der Waals surface area contributed by atoms with Gasteiger partial charge in [0.15, 0.2) is 0 Å². The van der Waals surface area contributed by atoms with Crippen LogP contribution in [0.4, 0.5) is 0 Å². The summed E-state index contributed by atoms with van der Waals surface area (Å²) in [6, 6.07) is 15.4. The van der Waals surface area contributed by atoms with Gasteiger partial charge in [0.2, 0.25) is 0 Å². The van der Waals surface area contributed by atoms with Crippen LogP contribution >= 0.6 is 0 Å². The van der Waals surface area contributed by atoms with Crippen molar-refractivity contribution in [3.63, 3.8) is 0 Å². The molecule has 1 aromatic heterocycles. The van der Waals surface area contributed by atoms with Crippen molar-refractivity contribution in [3.05, 3.63) is 65.4 Å². The van der Waals surface area contributed by atoms with Crippen LogP contribution in [0, 0.1) is 5.92 Å². The molecule has 0 atom stereocenters. The first-order valence-electron chi connectivity index (χ1n) is 12.3. The van der Waals surface area contributed by atoms with Crippen molar-refractivity contribution in [1.82, 2.24) is 9.47 Å². The molecular formula is C28H36N2O2. The maximum absolute atomic E-state index is 9.86. The number of benzene rings is 2. The van der Waals surface area contributed by atoms with Crippen molar-refractivity contribution in [1.29, 1.82) is 0 Å². The first-order chi connectivity index (χ1) is 15.5. The summed E-state index contributed by atoms with van der Waals surface area (Å²) in [5, 5.41) is 11.2. The van der Waals surface area contributed by atoms with Gasteiger partial charge in [-0.1, -0.05) is 38.1 Å². The molecule has 1 N–H and O–H groups in total. The van der Waals surface area contributed by atoms with E-state index in [4.69, 9.17) is 4.74 Å². The second-order valence-electron chi connectivity index (χ2n) is 10.1. The fraction of sp³-hybridized carbons (Fsp3) is 0.500. The minimum absolute atomic E-state index is 0.128. The first kappa shape index (κ1) is 21.5. The third-order valence-electron chi connectivity index (χ3n) is 7.09. The molecule has 1 saturated heterocycles. The summed E-state index contributed by atoms with van der Waals surface area (Å²) in [6.45, 7) is 9.04. The van der Waals surface area contributed by atoms with E-state index < -0.39 is 0 Å². The van der Waals surface area contributed by atoms with Crippen molar-refractivity contribution in [3.8, 4) is 5.75 Å². The molecule has 0 amide bonds. The first-order valence-corrected chi connectivity index (χ1v) is 12.3. The molecule has 5 rings (SSSR count). The number of nitrogens with zero attached hydrogens (tertiary/aromatic N) is 2. The highest BCUT2D eigenvalue weighted by Gasteiger charge is 2.24. The highest BCUT2D eigenvalue weighted by molar-refractivity contribution is 5.85. The number of rotatable bonds is 8. The van der Waals surface area contributed by atoms with Crippen LogP contribution in [0.3, 0.4) is 0 Å². The van der Waals surface area contributed by atoms with Gasteiger partial charge in [-0.15, -0.1) is 0 Å². The Kier molecular flexibility index (Phi) is 6.25. The Balaban J connectivity index is 1.34. The normalized spacial score (nSPS) is 18.0. The Bertz CT molecular complexity index is 1040. The molecule has 170 valence electrons. The summed E-state index contributed by atoms with van der Waals surface area (Å²) >= 11 is 0. The maximum Gasteiger partial charge on any atom is 0.120 e. The van der Waals surface area contributed by atoms with Gasteiger partial charge >= 0.3 is 0 Å². The monoisotopic (exact) mass is 432 g/mol. The van der Waals surface area contributed by atoms with E-state index in [0.29, 0.717) is 12.5 Å². The van der Waals surface area contributed by atoms with E-state index in [1.165, 1.54) is 40.4 Å². The molecule has 1 aliphatic carbocycles. The summed E-state index contributed by atoms with van der Waals surface area (Å²) in [6.07, 6.45) is 6.71. The van der Waals surface area contributed by atoms with Crippen molar-refractivity contribution in [2.24, 2.45) is 5.92 Å². The molecule has 4 nitrogen and oxygen atoms in total. The minimum Gasteiger partial charge on any atom is -0.489 e. The van der Waals surface area contributed by atoms with Gasteiger partial charge in [-0.25, -0.2) is 0 Å². The average Bonchev–Trinajstić information content (AvgIpc) is 3.56. The Hall–Kier alpha value is -2.30. The highest BCUT2D eigenvalue weighted by atomic mass is 16.5. The number of hydrogen-bond donors (Lipinski definition) is 1. The molecule has 0 bridgehead atoms. The predicted octanol–water partition coefficient (Wildman–Crippen LogP) is 5.71. The minimum atomic E-state index is -0.128. The largest absolute Gasteiger partial charge is 0.489 e. The Morgan fingerprint density at radius 1 is 1.00 bits per heavy atom. The van der Waals surface area contributed by atoms with E-state index in [9.17, 15) is 5.11 Å². The second kappa shape index (κ2) is 9.29. The molecular weight excluding hydrogens is 396 g/mol. The zero-order valence-corrected chi connectivity index (χ0v) is 19.5. The Morgan fingerprint density at radius 2 is 1.75 bits per heavy atom. The molecule has 2 heterocycles. The number of aromatic nitrogens is 1. The molecule has 2 aliphatic rings. The topological polar surface area (TPSA) is 37.6 Å². The van der Waals surface area contributed by atoms with Crippen LogP contribution in [0.25, 0.3) is 10.9 Å².